The highest BCUT2D eigenvalue weighted by Gasteiger charge is 2.48. The Balaban J connectivity index is 1.59. The largest absolute Gasteiger partial charge is 0.326 e. The van der Waals surface area contributed by atoms with Gasteiger partial charge in [0.2, 0.25) is 11.8 Å². The van der Waals surface area contributed by atoms with Crippen LogP contribution in [0.3, 0.4) is 0 Å². The van der Waals surface area contributed by atoms with E-state index in [0.29, 0.717) is 6.42 Å². The van der Waals surface area contributed by atoms with E-state index in [1.807, 2.05) is 32.0 Å². The number of halogens is 2. The fourth-order valence-electron chi connectivity index (χ4n) is 2.70. The molecule has 1 aliphatic carbocycles. The quantitative estimate of drug-likeness (QED) is 0.886. The van der Waals surface area contributed by atoms with Crippen LogP contribution in [0.4, 0.5) is 20.2 Å². The monoisotopic (exact) mass is 344 g/mol. The molecule has 1 fully saturated rings. The van der Waals surface area contributed by atoms with Crippen molar-refractivity contribution < 1.29 is 18.4 Å². The summed E-state index contributed by atoms with van der Waals surface area (Å²) in [6.07, 6.45) is 0.437. The van der Waals surface area contributed by atoms with E-state index >= 15 is 0 Å². The molecule has 0 saturated heterocycles. The molecule has 130 valence electrons. The van der Waals surface area contributed by atoms with E-state index in [4.69, 9.17) is 0 Å². The van der Waals surface area contributed by atoms with Crippen molar-refractivity contribution in [2.75, 3.05) is 10.6 Å². The predicted octanol–water partition coefficient (Wildman–Crippen LogP) is 3.79. The highest BCUT2D eigenvalue weighted by Crippen LogP contribution is 2.40. The maximum absolute atomic E-state index is 13.2. The van der Waals surface area contributed by atoms with Crippen LogP contribution in [0.15, 0.2) is 36.4 Å². The van der Waals surface area contributed by atoms with Crippen LogP contribution in [-0.2, 0) is 9.59 Å². The average Bonchev–Trinajstić information content (AvgIpc) is 3.36. The molecule has 0 bridgehead atoms. The fourth-order valence-corrected chi connectivity index (χ4v) is 2.70. The molecular formula is C19H18F2N2O2. The summed E-state index contributed by atoms with van der Waals surface area (Å²) >= 11 is 0. The Hall–Kier alpha value is -2.76. The molecule has 6 heteroatoms. The number of amides is 2. The third-order valence-corrected chi connectivity index (χ3v) is 4.51. The van der Waals surface area contributed by atoms with Crippen LogP contribution < -0.4 is 10.6 Å². The van der Waals surface area contributed by atoms with Gasteiger partial charge in [-0.3, -0.25) is 9.59 Å². The van der Waals surface area contributed by atoms with E-state index in [1.165, 1.54) is 6.07 Å². The minimum absolute atomic E-state index is 0.171. The SMILES string of the molecule is Cc1cccc(NC(=O)C2CC2C(=O)Nc2ccc(F)c(F)c2)c1C. The van der Waals surface area contributed by atoms with Crippen LogP contribution in [0.2, 0.25) is 0 Å². The molecule has 1 aliphatic rings. The van der Waals surface area contributed by atoms with E-state index < -0.39 is 23.5 Å². The second-order valence-electron chi connectivity index (χ2n) is 6.30. The van der Waals surface area contributed by atoms with E-state index in [2.05, 4.69) is 10.6 Å². The minimum atomic E-state index is -1.03. The number of anilines is 2. The van der Waals surface area contributed by atoms with E-state index in [0.717, 1.165) is 28.9 Å². The number of benzene rings is 2. The van der Waals surface area contributed by atoms with Crippen LogP contribution in [0.5, 0.6) is 0 Å². The Labute approximate surface area is 144 Å². The highest BCUT2D eigenvalue weighted by atomic mass is 19.2. The molecule has 0 spiro atoms. The number of carbonyl (C=O) groups is 2. The van der Waals surface area contributed by atoms with Crippen LogP contribution in [0.1, 0.15) is 17.5 Å². The van der Waals surface area contributed by atoms with Gasteiger partial charge in [-0.2, -0.15) is 0 Å². The Morgan fingerprint density at radius 3 is 2.32 bits per heavy atom. The summed E-state index contributed by atoms with van der Waals surface area (Å²) in [5, 5.41) is 5.37. The van der Waals surface area contributed by atoms with Crippen molar-refractivity contribution in [3.8, 4) is 0 Å². The highest BCUT2D eigenvalue weighted by molar-refractivity contribution is 6.03. The first-order valence-electron chi connectivity index (χ1n) is 8.00. The summed E-state index contributed by atoms with van der Waals surface area (Å²) in [6.45, 7) is 3.88. The van der Waals surface area contributed by atoms with Gasteiger partial charge in [-0.15, -0.1) is 0 Å². The van der Waals surface area contributed by atoms with Gasteiger partial charge in [0.05, 0.1) is 11.8 Å². The van der Waals surface area contributed by atoms with Crippen molar-refractivity contribution in [3.05, 3.63) is 59.2 Å². The van der Waals surface area contributed by atoms with Gasteiger partial charge in [0.1, 0.15) is 0 Å². The van der Waals surface area contributed by atoms with Crippen molar-refractivity contribution in [1.29, 1.82) is 0 Å². The molecule has 25 heavy (non-hydrogen) atoms. The topological polar surface area (TPSA) is 58.2 Å². The summed E-state index contributed by atoms with van der Waals surface area (Å²) in [4.78, 5) is 24.5. The lowest BCUT2D eigenvalue weighted by atomic mass is 10.1. The zero-order valence-corrected chi connectivity index (χ0v) is 13.9. The first-order chi connectivity index (χ1) is 11.9. The number of aryl methyl sites for hydroxylation is 1. The lowest BCUT2D eigenvalue weighted by Gasteiger charge is -2.10. The summed E-state index contributed by atoms with van der Waals surface area (Å²) in [5.74, 6) is -3.46. The zero-order valence-electron chi connectivity index (χ0n) is 13.9. The Morgan fingerprint density at radius 2 is 1.64 bits per heavy atom. The molecule has 2 unspecified atom stereocenters. The maximum atomic E-state index is 13.2. The van der Waals surface area contributed by atoms with Crippen molar-refractivity contribution in [2.24, 2.45) is 11.8 Å². The summed E-state index contributed by atoms with van der Waals surface area (Å²) in [6, 6.07) is 8.78. The summed E-state index contributed by atoms with van der Waals surface area (Å²) in [5.41, 5.74) is 2.96. The lowest BCUT2D eigenvalue weighted by Crippen LogP contribution is -2.21. The predicted molar refractivity (Wildman–Crippen MR) is 91.1 cm³/mol. The lowest BCUT2D eigenvalue weighted by molar-refractivity contribution is -0.122. The van der Waals surface area contributed by atoms with Gasteiger partial charge in [-0.1, -0.05) is 12.1 Å². The normalized spacial score (nSPS) is 18.6. The number of nitrogens with one attached hydrogen (secondary N) is 2. The van der Waals surface area contributed by atoms with Crippen molar-refractivity contribution >= 4 is 23.2 Å². The van der Waals surface area contributed by atoms with Crippen LogP contribution in [0.25, 0.3) is 0 Å². The van der Waals surface area contributed by atoms with Gasteiger partial charge < -0.3 is 10.6 Å². The number of hydrogen-bond donors (Lipinski definition) is 2. The second-order valence-corrected chi connectivity index (χ2v) is 6.30. The fraction of sp³-hybridized carbons (Fsp3) is 0.263. The van der Waals surface area contributed by atoms with Crippen molar-refractivity contribution in [1.82, 2.24) is 0 Å². The Bertz CT molecular complexity index is 851. The molecule has 1 saturated carbocycles. The van der Waals surface area contributed by atoms with Gasteiger partial charge in [0.15, 0.2) is 11.6 Å². The zero-order chi connectivity index (χ0) is 18.1. The number of carbonyl (C=O) groups excluding carboxylic acids is 2. The molecule has 3 rings (SSSR count). The van der Waals surface area contributed by atoms with Gasteiger partial charge >= 0.3 is 0 Å². The third kappa shape index (κ3) is 3.68. The van der Waals surface area contributed by atoms with E-state index in [-0.39, 0.29) is 17.5 Å². The number of rotatable bonds is 4. The minimum Gasteiger partial charge on any atom is -0.326 e. The second kappa shape index (κ2) is 6.63. The molecule has 2 atom stereocenters. The van der Waals surface area contributed by atoms with E-state index in [1.54, 1.807) is 0 Å². The van der Waals surface area contributed by atoms with Crippen molar-refractivity contribution in [3.63, 3.8) is 0 Å². The molecule has 2 aromatic carbocycles. The van der Waals surface area contributed by atoms with Gasteiger partial charge in [-0.05, 0) is 49.6 Å². The Morgan fingerprint density at radius 1 is 0.960 bits per heavy atom. The number of hydrogen-bond acceptors (Lipinski definition) is 2. The molecule has 2 amide bonds. The third-order valence-electron chi connectivity index (χ3n) is 4.51. The summed E-state index contributed by atoms with van der Waals surface area (Å²) < 4.78 is 26.1. The smallest absolute Gasteiger partial charge is 0.228 e. The average molecular weight is 344 g/mol. The van der Waals surface area contributed by atoms with Crippen molar-refractivity contribution in [2.45, 2.75) is 20.3 Å². The van der Waals surface area contributed by atoms with Gasteiger partial charge in [0.25, 0.3) is 0 Å². The molecule has 0 aromatic heterocycles. The van der Waals surface area contributed by atoms with Gasteiger partial charge in [0, 0.05) is 17.4 Å². The first kappa shape index (κ1) is 17.1. The molecule has 4 nitrogen and oxygen atoms in total. The molecular weight excluding hydrogens is 326 g/mol. The van der Waals surface area contributed by atoms with Crippen LogP contribution >= 0.6 is 0 Å². The van der Waals surface area contributed by atoms with Crippen LogP contribution in [0, 0.1) is 37.3 Å². The first-order valence-corrected chi connectivity index (χ1v) is 8.00. The molecule has 0 aliphatic heterocycles. The summed E-state index contributed by atoms with van der Waals surface area (Å²) in [7, 11) is 0. The van der Waals surface area contributed by atoms with E-state index in [9.17, 15) is 18.4 Å². The standard InChI is InChI=1S/C19H18F2N2O2/c1-10-4-3-5-17(11(10)2)23-19(25)14-9-13(14)18(24)22-12-6-7-15(20)16(21)8-12/h3-8,13-14H,9H2,1-2H3,(H,22,24)(H,23,25). The molecule has 2 N–H and O–H groups in total. The Kier molecular flexibility index (Phi) is 4.53. The van der Waals surface area contributed by atoms with Gasteiger partial charge in [-0.25, -0.2) is 8.78 Å². The molecule has 0 radical (unpaired) electrons. The maximum Gasteiger partial charge on any atom is 0.228 e. The molecule has 2 aromatic rings. The van der Waals surface area contributed by atoms with Crippen LogP contribution in [-0.4, -0.2) is 11.8 Å². The molecule has 0 heterocycles.